The van der Waals surface area contributed by atoms with Gasteiger partial charge < -0.3 is 10.1 Å². The summed E-state index contributed by atoms with van der Waals surface area (Å²) < 4.78 is 5.40. The molecule has 2 nitrogen and oxygen atoms in total. The summed E-state index contributed by atoms with van der Waals surface area (Å²) in [5.74, 6) is 0.815. The van der Waals surface area contributed by atoms with E-state index in [1.54, 1.807) is 7.11 Å². The van der Waals surface area contributed by atoms with Gasteiger partial charge in [0.1, 0.15) is 0 Å². The Bertz CT molecular complexity index is 136. The molecule has 0 aliphatic carbocycles. The molecule has 0 amide bonds. The molecule has 0 heterocycles. The quantitative estimate of drug-likeness (QED) is 0.637. The summed E-state index contributed by atoms with van der Waals surface area (Å²) in [6.07, 6.45) is 5.36. The van der Waals surface area contributed by atoms with Gasteiger partial charge in [0.25, 0.3) is 0 Å². The summed E-state index contributed by atoms with van der Waals surface area (Å²) >= 11 is 0. The number of hydrogen-bond donors (Lipinski definition) is 1. The van der Waals surface area contributed by atoms with Gasteiger partial charge in [-0.05, 0) is 32.2 Å². The van der Waals surface area contributed by atoms with E-state index in [9.17, 15) is 0 Å². The smallest absolute Gasteiger partial charge is 0.0696 e. The van der Waals surface area contributed by atoms with E-state index in [0.717, 1.165) is 12.5 Å². The van der Waals surface area contributed by atoms with Crippen LogP contribution in [0, 0.1) is 5.92 Å². The van der Waals surface area contributed by atoms with E-state index in [-0.39, 0.29) is 0 Å². The first-order chi connectivity index (χ1) is 7.11. The zero-order chi connectivity index (χ0) is 11.7. The van der Waals surface area contributed by atoms with Crippen LogP contribution in [0.3, 0.4) is 0 Å². The lowest BCUT2D eigenvalue weighted by molar-refractivity contribution is 0.0788. The van der Waals surface area contributed by atoms with Crippen LogP contribution >= 0.6 is 0 Å². The number of nitrogens with one attached hydrogen (secondary N) is 1. The van der Waals surface area contributed by atoms with Gasteiger partial charge in [0, 0.05) is 13.2 Å². The second kappa shape index (κ2) is 9.17. The first-order valence-electron chi connectivity index (χ1n) is 6.38. The van der Waals surface area contributed by atoms with E-state index in [4.69, 9.17) is 4.74 Å². The minimum Gasteiger partial charge on any atom is -0.380 e. The van der Waals surface area contributed by atoms with E-state index < -0.39 is 0 Å². The van der Waals surface area contributed by atoms with Crippen LogP contribution in [0.4, 0.5) is 0 Å². The molecule has 2 atom stereocenters. The lowest BCUT2D eigenvalue weighted by Crippen LogP contribution is -2.39. The molecule has 0 radical (unpaired) electrons. The molecule has 0 aliphatic heterocycles. The van der Waals surface area contributed by atoms with Crippen molar-refractivity contribution in [3.8, 4) is 0 Å². The van der Waals surface area contributed by atoms with Crippen LogP contribution in [0.5, 0.6) is 0 Å². The largest absolute Gasteiger partial charge is 0.380 e. The van der Waals surface area contributed by atoms with Crippen molar-refractivity contribution in [1.82, 2.24) is 5.32 Å². The van der Waals surface area contributed by atoms with E-state index >= 15 is 0 Å². The van der Waals surface area contributed by atoms with Crippen LogP contribution in [-0.2, 0) is 4.74 Å². The molecule has 0 spiro atoms. The lowest BCUT2D eigenvalue weighted by atomic mass is 10.0. The number of methoxy groups -OCH3 is 1. The van der Waals surface area contributed by atoms with Gasteiger partial charge in [-0.25, -0.2) is 0 Å². The number of ether oxygens (including phenoxy) is 1. The molecule has 0 bridgehead atoms. The molecular formula is C13H29NO. The van der Waals surface area contributed by atoms with Crippen molar-refractivity contribution >= 4 is 0 Å². The SMILES string of the molecule is CCCNC(CCCC(C)C)C(C)OC. The van der Waals surface area contributed by atoms with E-state index in [2.05, 4.69) is 33.0 Å². The van der Waals surface area contributed by atoms with Crippen molar-refractivity contribution < 1.29 is 4.74 Å². The van der Waals surface area contributed by atoms with Crippen LogP contribution in [0.2, 0.25) is 0 Å². The van der Waals surface area contributed by atoms with Gasteiger partial charge in [0.2, 0.25) is 0 Å². The fraction of sp³-hybridized carbons (Fsp3) is 1.00. The molecular weight excluding hydrogens is 186 g/mol. The van der Waals surface area contributed by atoms with Crippen molar-refractivity contribution in [2.45, 2.75) is 65.5 Å². The van der Waals surface area contributed by atoms with Gasteiger partial charge in [0.05, 0.1) is 6.10 Å². The summed E-state index contributed by atoms with van der Waals surface area (Å²) in [4.78, 5) is 0. The summed E-state index contributed by atoms with van der Waals surface area (Å²) in [5, 5.41) is 3.57. The molecule has 92 valence electrons. The molecule has 2 unspecified atom stereocenters. The van der Waals surface area contributed by atoms with Crippen LogP contribution < -0.4 is 5.32 Å². The van der Waals surface area contributed by atoms with Crippen LogP contribution in [0.25, 0.3) is 0 Å². The highest BCUT2D eigenvalue weighted by Crippen LogP contribution is 2.11. The summed E-state index contributed by atoms with van der Waals surface area (Å²) in [6.45, 7) is 10.0. The van der Waals surface area contributed by atoms with Gasteiger partial charge in [-0.2, -0.15) is 0 Å². The highest BCUT2D eigenvalue weighted by atomic mass is 16.5. The molecule has 0 aliphatic rings. The standard InChI is InChI=1S/C13H29NO/c1-6-10-14-13(12(4)15-5)9-7-8-11(2)3/h11-14H,6-10H2,1-5H3. The maximum Gasteiger partial charge on any atom is 0.0696 e. The highest BCUT2D eigenvalue weighted by molar-refractivity contribution is 4.73. The molecule has 0 aromatic heterocycles. The fourth-order valence-corrected chi connectivity index (χ4v) is 1.74. The van der Waals surface area contributed by atoms with E-state index in [1.165, 1.54) is 25.7 Å². The van der Waals surface area contributed by atoms with Crippen molar-refractivity contribution in [1.29, 1.82) is 0 Å². The third-order valence-electron chi connectivity index (χ3n) is 2.89. The summed E-state index contributed by atoms with van der Waals surface area (Å²) in [6, 6.07) is 0.522. The molecule has 0 aromatic carbocycles. The Morgan fingerprint density at radius 3 is 2.27 bits per heavy atom. The Hall–Kier alpha value is -0.0800. The van der Waals surface area contributed by atoms with Gasteiger partial charge in [0.15, 0.2) is 0 Å². The predicted octanol–water partition coefficient (Wildman–Crippen LogP) is 3.22. The first-order valence-corrected chi connectivity index (χ1v) is 6.38. The fourth-order valence-electron chi connectivity index (χ4n) is 1.74. The molecule has 0 aromatic rings. The average molecular weight is 215 g/mol. The Morgan fingerprint density at radius 1 is 1.13 bits per heavy atom. The predicted molar refractivity (Wildman–Crippen MR) is 67.2 cm³/mol. The van der Waals surface area contributed by atoms with Crippen molar-refractivity contribution in [2.24, 2.45) is 5.92 Å². The maximum atomic E-state index is 5.40. The second-order valence-corrected chi connectivity index (χ2v) is 4.83. The third kappa shape index (κ3) is 7.80. The van der Waals surface area contributed by atoms with Crippen molar-refractivity contribution in [3.05, 3.63) is 0 Å². The minimum absolute atomic E-state index is 0.323. The van der Waals surface area contributed by atoms with Crippen molar-refractivity contribution in [3.63, 3.8) is 0 Å². The van der Waals surface area contributed by atoms with Gasteiger partial charge in [-0.3, -0.25) is 0 Å². The zero-order valence-corrected chi connectivity index (χ0v) is 11.2. The van der Waals surface area contributed by atoms with Crippen LogP contribution in [0.1, 0.15) is 53.4 Å². The highest BCUT2D eigenvalue weighted by Gasteiger charge is 2.15. The van der Waals surface area contributed by atoms with Gasteiger partial charge in [-0.15, -0.1) is 0 Å². The summed E-state index contributed by atoms with van der Waals surface area (Å²) in [7, 11) is 1.80. The number of rotatable bonds is 9. The molecule has 2 heteroatoms. The Labute approximate surface area is 95.8 Å². The molecule has 0 saturated heterocycles. The Kier molecular flexibility index (Phi) is 9.12. The maximum absolute atomic E-state index is 5.40. The molecule has 0 fully saturated rings. The number of hydrogen-bond acceptors (Lipinski definition) is 2. The topological polar surface area (TPSA) is 21.3 Å². The molecule has 15 heavy (non-hydrogen) atoms. The third-order valence-corrected chi connectivity index (χ3v) is 2.89. The zero-order valence-electron chi connectivity index (χ0n) is 11.2. The minimum atomic E-state index is 0.323. The lowest BCUT2D eigenvalue weighted by Gasteiger charge is -2.24. The second-order valence-electron chi connectivity index (χ2n) is 4.83. The van der Waals surface area contributed by atoms with Crippen LogP contribution in [-0.4, -0.2) is 25.8 Å². The molecule has 0 rings (SSSR count). The van der Waals surface area contributed by atoms with Crippen molar-refractivity contribution in [2.75, 3.05) is 13.7 Å². The summed E-state index contributed by atoms with van der Waals surface area (Å²) in [5.41, 5.74) is 0. The monoisotopic (exact) mass is 215 g/mol. The molecule has 0 saturated carbocycles. The van der Waals surface area contributed by atoms with E-state index in [0.29, 0.717) is 12.1 Å². The van der Waals surface area contributed by atoms with Gasteiger partial charge >= 0.3 is 0 Å². The molecule has 1 N–H and O–H groups in total. The Balaban J connectivity index is 3.79. The Morgan fingerprint density at radius 2 is 1.80 bits per heavy atom. The van der Waals surface area contributed by atoms with Gasteiger partial charge in [-0.1, -0.05) is 33.6 Å². The average Bonchev–Trinajstić information content (AvgIpc) is 2.21. The normalized spacial score (nSPS) is 15.6. The van der Waals surface area contributed by atoms with E-state index in [1.807, 2.05) is 0 Å². The first kappa shape index (κ1) is 14.9. The van der Waals surface area contributed by atoms with Crippen LogP contribution in [0.15, 0.2) is 0 Å².